The number of halogens is 1. The van der Waals surface area contributed by atoms with E-state index >= 15 is 0 Å². The van der Waals surface area contributed by atoms with E-state index in [2.05, 4.69) is 15.9 Å². The van der Waals surface area contributed by atoms with Gasteiger partial charge < -0.3 is 9.47 Å². The number of hydrogen-bond acceptors (Lipinski definition) is 3. The van der Waals surface area contributed by atoms with E-state index in [1.807, 2.05) is 31.2 Å². The Bertz CT molecular complexity index is 444. The number of esters is 1. The number of rotatable bonds is 6. The van der Waals surface area contributed by atoms with Crippen LogP contribution in [0.2, 0.25) is 0 Å². The lowest BCUT2D eigenvalue weighted by Gasteiger charge is -2.26. The van der Waals surface area contributed by atoms with Crippen molar-refractivity contribution in [2.45, 2.75) is 56.4 Å². The Balaban J connectivity index is 1.80. The molecule has 1 fully saturated rings. The van der Waals surface area contributed by atoms with Crippen LogP contribution in [0.3, 0.4) is 0 Å². The molecule has 0 heterocycles. The summed E-state index contributed by atoms with van der Waals surface area (Å²) < 4.78 is 11.0. The van der Waals surface area contributed by atoms with Gasteiger partial charge in [0, 0.05) is 11.2 Å². The van der Waals surface area contributed by atoms with Crippen LogP contribution in [-0.2, 0) is 16.0 Å². The topological polar surface area (TPSA) is 35.5 Å². The third-order valence-electron chi connectivity index (χ3n) is 3.71. The summed E-state index contributed by atoms with van der Waals surface area (Å²) in [5.41, 5.74) is 1.14. The third-order valence-corrected chi connectivity index (χ3v) is 4.54. The van der Waals surface area contributed by atoms with Crippen LogP contribution in [-0.4, -0.2) is 23.5 Å². The summed E-state index contributed by atoms with van der Waals surface area (Å²) in [5, 5.41) is 0. The number of hydrogen-bond donors (Lipinski definition) is 0. The number of benzene rings is 1. The summed E-state index contributed by atoms with van der Waals surface area (Å²) in [7, 11) is 0. The molecule has 3 nitrogen and oxygen atoms in total. The molecule has 0 radical (unpaired) electrons. The highest BCUT2D eigenvalue weighted by Gasteiger charge is 2.21. The van der Waals surface area contributed by atoms with Crippen LogP contribution in [0.4, 0.5) is 0 Å². The van der Waals surface area contributed by atoms with E-state index in [9.17, 15) is 4.79 Å². The van der Waals surface area contributed by atoms with Crippen molar-refractivity contribution in [3.05, 3.63) is 29.8 Å². The normalized spacial score (nSPS) is 21.8. The van der Waals surface area contributed by atoms with Crippen molar-refractivity contribution in [3.8, 4) is 5.75 Å². The van der Waals surface area contributed by atoms with Crippen molar-refractivity contribution in [2.24, 2.45) is 0 Å². The van der Waals surface area contributed by atoms with Gasteiger partial charge in [0.25, 0.3) is 0 Å². The largest absolute Gasteiger partial charge is 0.490 e. The van der Waals surface area contributed by atoms with Crippen LogP contribution in [0, 0.1) is 0 Å². The van der Waals surface area contributed by atoms with Crippen LogP contribution in [0.1, 0.15) is 44.6 Å². The minimum atomic E-state index is -0.136. The van der Waals surface area contributed by atoms with E-state index in [1.165, 1.54) is 12.8 Å². The molecule has 2 atom stereocenters. The number of ether oxygens (including phenoxy) is 2. The first-order valence-electron chi connectivity index (χ1n) is 7.72. The predicted octanol–water partition coefficient (Wildman–Crippen LogP) is 4.27. The highest BCUT2D eigenvalue weighted by atomic mass is 79.9. The Labute approximate surface area is 135 Å². The fraction of sp³-hybridized carbons (Fsp3) is 0.588. The van der Waals surface area contributed by atoms with Gasteiger partial charge in [-0.2, -0.15) is 0 Å². The average molecular weight is 355 g/mol. The number of alkyl halides is 1. The molecule has 0 spiro atoms. The minimum Gasteiger partial charge on any atom is -0.490 e. The lowest BCUT2D eigenvalue weighted by Crippen LogP contribution is -2.25. The molecule has 2 rings (SSSR count). The van der Waals surface area contributed by atoms with Gasteiger partial charge in [-0.1, -0.05) is 28.1 Å². The Morgan fingerprint density at radius 1 is 1.29 bits per heavy atom. The van der Waals surface area contributed by atoms with Gasteiger partial charge in [0.15, 0.2) is 0 Å². The molecule has 1 aromatic rings. The molecular formula is C17H23BrO3. The Kier molecular flexibility index (Phi) is 6.55. The highest BCUT2D eigenvalue weighted by Crippen LogP contribution is 2.27. The molecular weight excluding hydrogens is 332 g/mol. The van der Waals surface area contributed by atoms with Crippen molar-refractivity contribution < 1.29 is 14.3 Å². The summed E-state index contributed by atoms with van der Waals surface area (Å²) in [4.78, 5) is 11.9. The van der Waals surface area contributed by atoms with Gasteiger partial charge in [0.1, 0.15) is 5.75 Å². The standard InChI is InChI=1S/C17H23BrO3/c1-2-20-17(19)11-8-13-6-9-15(10-7-13)21-16-5-3-4-14(18)12-16/h6-7,9-10,14,16H,2-5,8,11-12H2,1H3. The molecule has 21 heavy (non-hydrogen) atoms. The van der Waals surface area contributed by atoms with Crippen LogP contribution in [0.25, 0.3) is 0 Å². The molecule has 0 saturated heterocycles. The molecule has 1 aliphatic carbocycles. The Morgan fingerprint density at radius 3 is 2.71 bits per heavy atom. The first-order chi connectivity index (χ1) is 10.2. The highest BCUT2D eigenvalue weighted by molar-refractivity contribution is 9.09. The van der Waals surface area contributed by atoms with E-state index in [1.54, 1.807) is 0 Å². The van der Waals surface area contributed by atoms with E-state index in [4.69, 9.17) is 9.47 Å². The zero-order valence-corrected chi connectivity index (χ0v) is 14.1. The number of aryl methyl sites for hydroxylation is 1. The molecule has 4 heteroatoms. The van der Waals surface area contributed by atoms with E-state index in [-0.39, 0.29) is 5.97 Å². The molecule has 1 aliphatic rings. The van der Waals surface area contributed by atoms with Crippen LogP contribution >= 0.6 is 15.9 Å². The Morgan fingerprint density at radius 2 is 2.05 bits per heavy atom. The van der Waals surface area contributed by atoms with Gasteiger partial charge in [-0.25, -0.2) is 0 Å². The van der Waals surface area contributed by atoms with Crippen molar-refractivity contribution in [1.29, 1.82) is 0 Å². The van der Waals surface area contributed by atoms with Crippen LogP contribution in [0.15, 0.2) is 24.3 Å². The van der Waals surface area contributed by atoms with Gasteiger partial charge in [0.05, 0.1) is 12.7 Å². The summed E-state index contributed by atoms with van der Waals surface area (Å²) in [5.74, 6) is 0.782. The number of carbonyl (C=O) groups excluding carboxylic acids is 1. The maximum Gasteiger partial charge on any atom is 0.306 e. The predicted molar refractivity (Wildman–Crippen MR) is 87.0 cm³/mol. The van der Waals surface area contributed by atoms with Crippen LogP contribution < -0.4 is 4.74 Å². The van der Waals surface area contributed by atoms with Crippen LogP contribution in [0.5, 0.6) is 5.75 Å². The molecule has 0 aromatic heterocycles. The molecule has 1 aromatic carbocycles. The third kappa shape index (κ3) is 5.70. The molecule has 0 bridgehead atoms. The average Bonchev–Trinajstić information content (AvgIpc) is 2.47. The van der Waals surface area contributed by atoms with Crippen molar-refractivity contribution in [1.82, 2.24) is 0 Å². The number of carbonyl (C=O) groups is 1. The maximum atomic E-state index is 11.3. The summed E-state index contributed by atoms with van der Waals surface area (Å²) in [6, 6.07) is 8.06. The first kappa shape index (κ1) is 16.3. The second kappa shape index (κ2) is 8.42. The van der Waals surface area contributed by atoms with Gasteiger partial charge >= 0.3 is 5.97 Å². The second-order valence-corrected chi connectivity index (χ2v) is 6.75. The summed E-state index contributed by atoms with van der Waals surface area (Å²) >= 11 is 3.68. The fourth-order valence-corrected chi connectivity index (χ4v) is 3.34. The van der Waals surface area contributed by atoms with Gasteiger partial charge in [-0.05, 0) is 56.7 Å². The van der Waals surface area contributed by atoms with Crippen molar-refractivity contribution >= 4 is 21.9 Å². The lowest BCUT2D eigenvalue weighted by atomic mass is 9.97. The maximum absolute atomic E-state index is 11.3. The quantitative estimate of drug-likeness (QED) is 0.565. The Hall–Kier alpha value is -1.03. The van der Waals surface area contributed by atoms with E-state index < -0.39 is 0 Å². The molecule has 116 valence electrons. The smallest absolute Gasteiger partial charge is 0.306 e. The molecule has 1 saturated carbocycles. The molecule has 0 aliphatic heterocycles. The summed E-state index contributed by atoms with van der Waals surface area (Å²) in [6.07, 6.45) is 6.13. The lowest BCUT2D eigenvalue weighted by molar-refractivity contribution is -0.143. The van der Waals surface area contributed by atoms with Crippen molar-refractivity contribution in [2.75, 3.05) is 6.61 Å². The summed E-state index contributed by atoms with van der Waals surface area (Å²) in [6.45, 7) is 2.27. The first-order valence-corrected chi connectivity index (χ1v) is 8.64. The van der Waals surface area contributed by atoms with Gasteiger partial charge in [0.2, 0.25) is 0 Å². The van der Waals surface area contributed by atoms with E-state index in [0.717, 1.165) is 24.2 Å². The zero-order chi connectivity index (χ0) is 15.1. The van der Waals surface area contributed by atoms with Gasteiger partial charge in [-0.15, -0.1) is 0 Å². The zero-order valence-electron chi connectivity index (χ0n) is 12.5. The van der Waals surface area contributed by atoms with E-state index in [0.29, 0.717) is 30.4 Å². The van der Waals surface area contributed by atoms with Gasteiger partial charge in [-0.3, -0.25) is 4.79 Å². The van der Waals surface area contributed by atoms with Crippen molar-refractivity contribution in [3.63, 3.8) is 0 Å². The molecule has 2 unspecified atom stereocenters. The molecule has 0 N–H and O–H groups in total. The fourth-order valence-electron chi connectivity index (χ4n) is 2.60. The molecule has 0 amide bonds. The SMILES string of the molecule is CCOC(=O)CCc1ccc(OC2CCCC(Br)C2)cc1. The minimum absolute atomic E-state index is 0.136. The monoisotopic (exact) mass is 354 g/mol. The second-order valence-electron chi connectivity index (χ2n) is 5.45.